The van der Waals surface area contributed by atoms with Gasteiger partial charge in [-0.05, 0) is 23.8 Å². The fourth-order valence-corrected chi connectivity index (χ4v) is 3.12. The molecule has 1 aliphatic heterocycles. The lowest BCUT2D eigenvalue weighted by atomic mass is 10.2. The number of morpholine rings is 1. The van der Waals surface area contributed by atoms with Crippen molar-refractivity contribution in [3.8, 4) is 0 Å². The first-order valence-corrected chi connectivity index (χ1v) is 9.47. The topological polar surface area (TPSA) is 92.3 Å². The molecule has 1 amide bonds. The summed E-state index contributed by atoms with van der Waals surface area (Å²) in [5.41, 5.74) is 3.05. The second-order valence-corrected chi connectivity index (χ2v) is 6.57. The number of amides is 1. The highest BCUT2D eigenvalue weighted by atomic mass is 16.5. The summed E-state index contributed by atoms with van der Waals surface area (Å²) in [6.07, 6.45) is 4.89. The fraction of sp³-hybridized carbons (Fsp3) is 0.238. The van der Waals surface area contributed by atoms with Gasteiger partial charge in [-0.1, -0.05) is 18.2 Å². The van der Waals surface area contributed by atoms with E-state index >= 15 is 0 Å². The third-order valence-corrected chi connectivity index (χ3v) is 4.60. The number of pyridine rings is 1. The predicted octanol–water partition coefficient (Wildman–Crippen LogP) is 2.57. The van der Waals surface area contributed by atoms with Crippen molar-refractivity contribution < 1.29 is 9.53 Å². The molecule has 29 heavy (non-hydrogen) atoms. The molecule has 3 heterocycles. The third kappa shape index (κ3) is 4.85. The summed E-state index contributed by atoms with van der Waals surface area (Å²) >= 11 is 0. The van der Waals surface area contributed by atoms with Gasteiger partial charge in [0.1, 0.15) is 17.8 Å². The smallest absolute Gasteiger partial charge is 0.274 e. The van der Waals surface area contributed by atoms with Crippen LogP contribution in [0.25, 0.3) is 0 Å². The van der Waals surface area contributed by atoms with Gasteiger partial charge in [-0.3, -0.25) is 9.78 Å². The number of nitrogens with one attached hydrogen (secondary N) is 2. The van der Waals surface area contributed by atoms with Gasteiger partial charge in [0.05, 0.1) is 24.6 Å². The van der Waals surface area contributed by atoms with Crippen LogP contribution in [0.4, 0.5) is 17.2 Å². The molecule has 0 aliphatic carbocycles. The molecule has 1 aromatic carbocycles. The summed E-state index contributed by atoms with van der Waals surface area (Å²) < 4.78 is 5.42. The predicted molar refractivity (Wildman–Crippen MR) is 111 cm³/mol. The molecule has 8 heteroatoms. The quantitative estimate of drug-likeness (QED) is 0.668. The van der Waals surface area contributed by atoms with Gasteiger partial charge in [0.15, 0.2) is 0 Å². The molecule has 148 valence electrons. The number of carbonyl (C=O) groups excluding carboxylic acids is 1. The maximum absolute atomic E-state index is 12.8. The zero-order valence-electron chi connectivity index (χ0n) is 15.9. The van der Waals surface area contributed by atoms with E-state index in [4.69, 9.17) is 4.74 Å². The SMILES string of the molecule is O=C(Nc1ccccc1N1CCOCC1)c1cc(NCc2cccnc2)ncn1. The first kappa shape index (κ1) is 18.8. The normalized spacial score (nSPS) is 13.7. The summed E-state index contributed by atoms with van der Waals surface area (Å²) in [6.45, 7) is 3.51. The summed E-state index contributed by atoms with van der Waals surface area (Å²) in [6, 6.07) is 13.3. The lowest BCUT2D eigenvalue weighted by Gasteiger charge is -2.30. The molecule has 1 aliphatic rings. The fourth-order valence-electron chi connectivity index (χ4n) is 3.12. The second kappa shape index (κ2) is 9.11. The lowest BCUT2D eigenvalue weighted by Crippen LogP contribution is -2.36. The number of para-hydroxylation sites is 2. The van der Waals surface area contributed by atoms with E-state index in [2.05, 4.69) is 30.5 Å². The van der Waals surface area contributed by atoms with Crippen LogP contribution in [-0.4, -0.2) is 47.2 Å². The number of hydrogen-bond acceptors (Lipinski definition) is 7. The van der Waals surface area contributed by atoms with Gasteiger partial charge in [0.25, 0.3) is 5.91 Å². The highest BCUT2D eigenvalue weighted by molar-refractivity contribution is 6.05. The molecule has 0 spiro atoms. The van der Waals surface area contributed by atoms with Gasteiger partial charge in [-0.2, -0.15) is 0 Å². The van der Waals surface area contributed by atoms with Crippen molar-refractivity contribution in [1.82, 2.24) is 15.0 Å². The first-order chi connectivity index (χ1) is 14.3. The van der Waals surface area contributed by atoms with Gasteiger partial charge >= 0.3 is 0 Å². The molecular weight excluding hydrogens is 368 g/mol. The Balaban J connectivity index is 1.45. The van der Waals surface area contributed by atoms with E-state index in [1.54, 1.807) is 18.5 Å². The Bertz CT molecular complexity index is 960. The largest absolute Gasteiger partial charge is 0.378 e. The Morgan fingerprint density at radius 1 is 1.10 bits per heavy atom. The Morgan fingerprint density at radius 2 is 1.97 bits per heavy atom. The summed E-state index contributed by atoms with van der Waals surface area (Å²) in [7, 11) is 0. The highest BCUT2D eigenvalue weighted by Crippen LogP contribution is 2.26. The first-order valence-electron chi connectivity index (χ1n) is 9.47. The molecule has 0 unspecified atom stereocenters. The van der Waals surface area contributed by atoms with Gasteiger partial charge in [0, 0.05) is 38.1 Å². The Kier molecular flexibility index (Phi) is 5.92. The Hall–Kier alpha value is -3.52. The van der Waals surface area contributed by atoms with Crippen molar-refractivity contribution in [2.45, 2.75) is 6.54 Å². The van der Waals surface area contributed by atoms with E-state index in [1.165, 1.54) is 6.33 Å². The summed E-state index contributed by atoms with van der Waals surface area (Å²) in [5.74, 6) is 0.299. The molecule has 0 saturated carbocycles. The molecule has 3 aromatic rings. The number of carbonyl (C=O) groups is 1. The number of nitrogens with zero attached hydrogens (tertiary/aromatic N) is 4. The molecule has 1 fully saturated rings. The standard InChI is InChI=1S/C21H22N6O2/c28-21(26-17-5-1-2-6-19(17)27-8-10-29-11-9-27)18-12-20(25-15-24-18)23-14-16-4-3-7-22-13-16/h1-7,12-13,15H,8-11,14H2,(H,26,28)(H,23,24,25). The van der Waals surface area contributed by atoms with Crippen molar-refractivity contribution in [2.75, 3.05) is 41.8 Å². The van der Waals surface area contributed by atoms with Crippen LogP contribution < -0.4 is 15.5 Å². The van der Waals surface area contributed by atoms with Crippen LogP contribution in [-0.2, 0) is 11.3 Å². The number of ether oxygens (including phenoxy) is 1. The van der Waals surface area contributed by atoms with E-state index in [9.17, 15) is 4.79 Å². The Labute approximate surface area is 169 Å². The zero-order valence-corrected chi connectivity index (χ0v) is 15.9. The maximum Gasteiger partial charge on any atom is 0.274 e. The van der Waals surface area contributed by atoms with Gasteiger partial charge < -0.3 is 20.3 Å². The number of anilines is 3. The molecule has 4 rings (SSSR count). The van der Waals surface area contributed by atoms with Crippen molar-refractivity contribution in [3.05, 3.63) is 72.4 Å². The van der Waals surface area contributed by atoms with Gasteiger partial charge in [-0.25, -0.2) is 9.97 Å². The maximum atomic E-state index is 12.8. The van der Waals surface area contributed by atoms with E-state index in [0.717, 1.165) is 30.0 Å². The van der Waals surface area contributed by atoms with Crippen LogP contribution in [0.2, 0.25) is 0 Å². The molecule has 2 N–H and O–H groups in total. The molecule has 8 nitrogen and oxygen atoms in total. The van der Waals surface area contributed by atoms with Gasteiger partial charge in [-0.15, -0.1) is 0 Å². The van der Waals surface area contributed by atoms with Crippen LogP contribution in [0.5, 0.6) is 0 Å². The lowest BCUT2D eigenvalue weighted by molar-refractivity contribution is 0.102. The summed E-state index contributed by atoms with van der Waals surface area (Å²) in [5, 5.41) is 6.17. The van der Waals surface area contributed by atoms with Gasteiger partial charge in [0.2, 0.25) is 0 Å². The number of rotatable bonds is 6. The van der Waals surface area contributed by atoms with Crippen LogP contribution in [0, 0.1) is 0 Å². The molecule has 0 bridgehead atoms. The van der Waals surface area contributed by atoms with Crippen LogP contribution >= 0.6 is 0 Å². The van der Waals surface area contributed by atoms with E-state index < -0.39 is 0 Å². The number of hydrogen-bond donors (Lipinski definition) is 2. The van der Waals surface area contributed by atoms with Crippen LogP contribution in [0.1, 0.15) is 16.1 Å². The minimum atomic E-state index is -0.280. The number of aromatic nitrogens is 3. The van der Waals surface area contributed by atoms with Crippen molar-refractivity contribution in [1.29, 1.82) is 0 Å². The Morgan fingerprint density at radius 3 is 2.79 bits per heavy atom. The van der Waals surface area contributed by atoms with Crippen LogP contribution in [0.15, 0.2) is 61.2 Å². The van der Waals surface area contributed by atoms with E-state index in [-0.39, 0.29) is 5.91 Å². The van der Waals surface area contributed by atoms with E-state index in [0.29, 0.717) is 31.3 Å². The molecule has 2 aromatic heterocycles. The minimum Gasteiger partial charge on any atom is -0.378 e. The summed E-state index contributed by atoms with van der Waals surface area (Å²) in [4.78, 5) is 27.4. The van der Waals surface area contributed by atoms with Crippen molar-refractivity contribution in [3.63, 3.8) is 0 Å². The monoisotopic (exact) mass is 390 g/mol. The molecule has 0 radical (unpaired) electrons. The van der Waals surface area contributed by atoms with Crippen molar-refractivity contribution in [2.24, 2.45) is 0 Å². The molecular formula is C21H22N6O2. The highest BCUT2D eigenvalue weighted by Gasteiger charge is 2.17. The number of benzene rings is 1. The zero-order chi connectivity index (χ0) is 19.9. The van der Waals surface area contributed by atoms with Crippen molar-refractivity contribution >= 4 is 23.1 Å². The second-order valence-electron chi connectivity index (χ2n) is 6.57. The average Bonchev–Trinajstić information content (AvgIpc) is 2.79. The average molecular weight is 390 g/mol. The molecule has 0 atom stereocenters. The van der Waals surface area contributed by atoms with Crippen LogP contribution in [0.3, 0.4) is 0 Å². The molecule has 1 saturated heterocycles. The van der Waals surface area contributed by atoms with E-state index in [1.807, 2.05) is 36.4 Å². The third-order valence-electron chi connectivity index (χ3n) is 4.60. The minimum absolute atomic E-state index is 0.280.